The van der Waals surface area contributed by atoms with Crippen LogP contribution in [0.5, 0.6) is 0 Å². The Kier molecular flexibility index (Phi) is 5.22. The number of amides is 4. The lowest BCUT2D eigenvalue weighted by atomic mass is 9.95. The Bertz CT molecular complexity index is 817. The highest BCUT2D eigenvalue weighted by Crippen LogP contribution is 2.50. The molecule has 0 saturated carbocycles. The minimum absolute atomic E-state index is 0.459. The molecule has 2 unspecified atom stereocenters. The number of carboxylic acid groups (broad SMARTS) is 1. The van der Waals surface area contributed by atoms with Crippen molar-refractivity contribution in [1.82, 2.24) is 21.0 Å². The number of fused-ring (bicyclic) bond motifs is 1. The molecule has 0 aliphatic carbocycles. The predicted molar refractivity (Wildman–Crippen MR) is 101 cm³/mol. The standard InChI is InChI=1S/C17H21N5O5S/c1-17(2)11(15(25)26)22-13(24)10(14(22)28-17)19-12(23)9(20-16(27)21-18)8-6-4-3-5-7-8/h3-7,9-11,14H,18H2,1-2H3,(H,19,23)(H,25,26)(H2,20,21,27)/t9?,10?,11-,14+/m0/s1. The SMILES string of the molecule is CC1(C)S[C@@H]2C(NC(=O)C(NC(=O)NN)c3ccccc3)C(=O)N2[C@H]1C(=O)O. The molecule has 28 heavy (non-hydrogen) atoms. The van der Waals surface area contributed by atoms with Crippen LogP contribution in [0.2, 0.25) is 0 Å². The molecule has 0 spiro atoms. The molecule has 2 heterocycles. The van der Waals surface area contributed by atoms with Crippen LogP contribution < -0.4 is 21.9 Å². The van der Waals surface area contributed by atoms with Gasteiger partial charge in [-0.1, -0.05) is 30.3 Å². The summed E-state index contributed by atoms with van der Waals surface area (Å²) in [5, 5.41) is 14.1. The Morgan fingerprint density at radius 1 is 1.25 bits per heavy atom. The Morgan fingerprint density at radius 3 is 2.46 bits per heavy atom. The summed E-state index contributed by atoms with van der Waals surface area (Å²) in [4.78, 5) is 49.9. The molecule has 4 amide bonds. The highest BCUT2D eigenvalue weighted by atomic mass is 32.2. The number of nitrogens with one attached hydrogen (secondary N) is 3. The number of carbonyl (C=O) groups excluding carboxylic acids is 3. The molecule has 150 valence electrons. The zero-order valence-electron chi connectivity index (χ0n) is 15.2. The summed E-state index contributed by atoms with van der Waals surface area (Å²) in [5.41, 5.74) is 2.41. The van der Waals surface area contributed by atoms with Crippen molar-refractivity contribution in [2.24, 2.45) is 5.84 Å². The van der Waals surface area contributed by atoms with Gasteiger partial charge in [0.1, 0.15) is 23.5 Å². The average Bonchev–Trinajstić information content (AvgIpc) is 2.92. The van der Waals surface area contributed by atoms with Gasteiger partial charge < -0.3 is 20.6 Å². The zero-order valence-corrected chi connectivity index (χ0v) is 16.0. The highest BCUT2D eigenvalue weighted by Gasteiger charge is 2.64. The van der Waals surface area contributed by atoms with Crippen molar-refractivity contribution in [3.63, 3.8) is 0 Å². The van der Waals surface area contributed by atoms with Gasteiger partial charge in [0, 0.05) is 4.75 Å². The molecule has 2 aliphatic rings. The molecule has 3 rings (SSSR count). The van der Waals surface area contributed by atoms with E-state index in [0.29, 0.717) is 5.56 Å². The normalized spacial score (nSPS) is 25.9. The maximum Gasteiger partial charge on any atom is 0.329 e. The fourth-order valence-corrected chi connectivity index (χ4v) is 5.13. The summed E-state index contributed by atoms with van der Waals surface area (Å²) in [6.07, 6.45) is 0. The van der Waals surface area contributed by atoms with Crippen LogP contribution in [0.15, 0.2) is 30.3 Å². The number of hydrogen-bond donors (Lipinski definition) is 5. The third kappa shape index (κ3) is 3.38. The van der Waals surface area contributed by atoms with Crippen molar-refractivity contribution >= 4 is 35.6 Å². The second kappa shape index (κ2) is 7.32. The van der Waals surface area contributed by atoms with Crippen molar-refractivity contribution in [2.45, 2.75) is 42.1 Å². The van der Waals surface area contributed by atoms with Crippen LogP contribution in [0, 0.1) is 0 Å². The number of thioether (sulfide) groups is 1. The molecule has 2 fully saturated rings. The van der Waals surface area contributed by atoms with Gasteiger partial charge in [0.05, 0.1) is 0 Å². The topological polar surface area (TPSA) is 154 Å². The molecule has 0 radical (unpaired) electrons. The number of hydrazine groups is 1. The first-order chi connectivity index (χ1) is 13.2. The first kappa shape index (κ1) is 20.0. The van der Waals surface area contributed by atoms with E-state index in [1.807, 2.05) is 5.43 Å². The smallest absolute Gasteiger partial charge is 0.329 e. The third-order valence-electron chi connectivity index (χ3n) is 4.77. The van der Waals surface area contributed by atoms with Gasteiger partial charge in [-0.25, -0.2) is 15.4 Å². The summed E-state index contributed by atoms with van der Waals surface area (Å²) >= 11 is 1.32. The van der Waals surface area contributed by atoms with Gasteiger partial charge in [0.15, 0.2) is 0 Å². The van der Waals surface area contributed by atoms with E-state index in [1.165, 1.54) is 16.7 Å². The molecule has 0 bridgehead atoms. The van der Waals surface area contributed by atoms with E-state index in [0.717, 1.165) is 0 Å². The van der Waals surface area contributed by atoms with E-state index < -0.39 is 52.1 Å². The molecule has 10 nitrogen and oxygen atoms in total. The van der Waals surface area contributed by atoms with Crippen LogP contribution in [0.4, 0.5) is 4.79 Å². The van der Waals surface area contributed by atoms with Crippen molar-refractivity contribution in [3.8, 4) is 0 Å². The molecular formula is C17H21N5O5S. The van der Waals surface area contributed by atoms with Crippen LogP contribution >= 0.6 is 11.8 Å². The Labute approximate surface area is 165 Å². The lowest BCUT2D eigenvalue weighted by Crippen LogP contribution is -2.71. The number of carboxylic acids is 1. The number of rotatable bonds is 5. The first-order valence-corrected chi connectivity index (χ1v) is 9.40. The number of hydrogen-bond acceptors (Lipinski definition) is 6. The molecule has 11 heteroatoms. The van der Waals surface area contributed by atoms with Crippen LogP contribution in [0.3, 0.4) is 0 Å². The minimum atomic E-state index is -1.08. The maximum absolute atomic E-state index is 12.8. The fraction of sp³-hybridized carbons (Fsp3) is 0.412. The maximum atomic E-state index is 12.8. The van der Waals surface area contributed by atoms with Gasteiger partial charge in [0.25, 0.3) is 0 Å². The van der Waals surface area contributed by atoms with E-state index in [1.54, 1.807) is 44.2 Å². The first-order valence-electron chi connectivity index (χ1n) is 8.52. The van der Waals surface area contributed by atoms with Crippen LogP contribution in [-0.2, 0) is 14.4 Å². The van der Waals surface area contributed by atoms with Gasteiger partial charge in [-0.2, -0.15) is 0 Å². The van der Waals surface area contributed by atoms with Gasteiger partial charge in [-0.15, -0.1) is 11.8 Å². The molecule has 1 aromatic carbocycles. The third-order valence-corrected chi connectivity index (χ3v) is 6.35. The second-order valence-electron chi connectivity index (χ2n) is 7.05. The quantitative estimate of drug-likeness (QED) is 0.191. The summed E-state index contributed by atoms with van der Waals surface area (Å²) in [5.74, 6) is 2.96. The lowest BCUT2D eigenvalue weighted by Gasteiger charge is -2.44. The highest BCUT2D eigenvalue weighted by molar-refractivity contribution is 8.01. The van der Waals surface area contributed by atoms with Gasteiger partial charge in [0.2, 0.25) is 11.8 Å². The monoisotopic (exact) mass is 407 g/mol. The zero-order chi connectivity index (χ0) is 20.6. The molecule has 6 N–H and O–H groups in total. The average molecular weight is 407 g/mol. The van der Waals surface area contributed by atoms with Gasteiger partial charge in [-0.05, 0) is 19.4 Å². The minimum Gasteiger partial charge on any atom is -0.480 e. The predicted octanol–water partition coefficient (Wildman–Crippen LogP) is -0.468. The molecule has 4 atom stereocenters. The number of β-lactam (4-membered cyclic amide) rings is 1. The molecule has 1 aromatic rings. The summed E-state index contributed by atoms with van der Waals surface area (Å²) in [6, 6.07) is 4.84. The molecule has 0 aromatic heterocycles. The van der Waals surface area contributed by atoms with E-state index in [2.05, 4.69) is 10.6 Å². The summed E-state index contributed by atoms with van der Waals surface area (Å²) in [6.45, 7) is 3.50. The van der Waals surface area contributed by atoms with Gasteiger partial charge >= 0.3 is 12.0 Å². The largest absolute Gasteiger partial charge is 0.480 e. The fourth-order valence-electron chi connectivity index (χ4n) is 3.50. The van der Waals surface area contributed by atoms with Crippen LogP contribution in [0.1, 0.15) is 25.5 Å². The van der Waals surface area contributed by atoms with Gasteiger partial charge in [-0.3, -0.25) is 15.0 Å². The van der Waals surface area contributed by atoms with E-state index in [4.69, 9.17) is 5.84 Å². The number of benzene rings is 1. The van der Waals surface area contributed by atoms with E-state index >= 15 is 0 Å². The molecule has 2 saturated heterocycles. The van der Waals surface area contributed by atoms with E-state index in [9.17, 15) is 24.3 Å². The van der Waals surface area contributed by atoms with E-state index in [-0.39, 0.29) is 0 Å². The number of carbonyl (C=O) groups is 4. The number of nitrogens with zero attached hydrogens (tertiary/aromatic N) is 1. The number of aliphatic carboxylic acids is 1. The second-order valence-corrected chi connectivity index (χ2v) is 8.82. The van der Waals surface area contributed by atoms with Crippen molar-refractivity contribution in [1.29, 1.82) is 0 Å². The lowest BCUT2D eigenvalue weighted by molar-refractivity contribution is -0.161. The molecular weight excluding hydrogens is 386 g/mol. The van der Waals surface area contributed by atoms with Crippen molar-refractivity contribution in [3.05, 3.63) is 35.9 Å². The Balaban J connectivity index is 1.77. The summed E-state index contributed by atoms with van der Waals surface area (Å²) < 4.78 is -0.692. The van der Waals surface area contributed by atoms with Crippen LogP contribution in [-0.4, -0.2) is 56.0 Å². The number of nitrogens with two attached hydrogens (primary N) is 1. The van der Waals surface area contributed by atoms with Crippen molar-refractivity contribution in [2.75, 3.05) is 0 Å². The van der Waals surface area contributed by atoms with Crippen molar-refractivity contribution < 1.29 is 24.3 Å². The summed E-state index contributed by atoms with van der Waals surface area (Å²) in [7, 11) is 0. The van der Waals surface area contributed by atoms with Crippen LogP contribution in [0.25, 0.3) is 0 Å². The number of urea groups is 1. The Morgan fingerprint density at radius 2 is 1.89 bits per heavy atom. The Hall–Kier alpha value is -2.79. The molecule has 2 aliphatic heterocycles.